The molecule has 2 rings (SSSR count). The minimum absolute atomic E-state index is 0.0754. The number of thioether (sulfide) groups is 1. The summed E-state index contributed by atoms with van der Waals surface area (Å²) in [5.74, 6) is 0.821. The summed E-state index contributed by atoms with van der Waals surface area (Å²) in [6.07, 6.45) is 6.00. The molecule has 4 nitrogen and oxygen atoms in total. The van der Waals surface area contributed by atoms with E-state index in [4.69, 9.17) is 10.5 Å². The van der Waals surface area contributed by atoms with Crippen LogP contribution in [-0.2, 0) is 4.79 Å². The predicted octanol–water partition coefficient (Wildman–Crippen LogP) is 2.44. The number of rotatable bonds is 6. The number of nitrogens with one attached hydrogen (secondary N) is 1. The Labute approximate surface area is 124 Å². The first-order valence-corrected chi connectivity index (χ1v) is 8.28. The zero-order valence-electron chi connectivity index (χ0n) is 11.8. The van der Waals surface area contributed by atoms with Gasteiger partial charge in [-0.05, 0) is 43.4 Å². The topological polar surface area (TPSA) is 64.3 Å². The van der Waals surface area contributed by atoms with Gasteiger partial charge in [0.1, 0.15) is 5.75 Å². The summed E-state index contributed by atoms with van der Waals surface area (Å²) in [6.45, 7) is 0.395. The van der Waals surface area contributed by atoms with Crippen molar-refractivity contribution in [3.63, 3.8) is 0 Å². The molecule has 5 heteroatoms. The van der Waals surface area contributed by atoms with Crippen LogP contribution >= 0.6 is 11.8 Å². The van der Waals surface area contributed by atoms with Gasteiger partial charge in [0.05, 0.1) is 13.0 Å². The van der Waals surface area contributed by atoms with Gasteiger partial charge < -0.3 is 15.8 Å². The van der Waals surface area contributed by atoms with Crippen molar-refractivity contribution < 1.29 is 9.53 Å². The number of ether oxygens (including phenoxy) is 1. The highest BCUT2D eigenvalue weighted by molar-refractivity contribution is 7.99. The SMILES string of the molecule is CSC1CCCC1NC(=O)CCOc1ccc(N)cc1. The lowest BCUT2D eigenvalue weighted by atomic mass is 10.2. The Morgan fingerprint density at radius 2 is 2.15 bits per heavy atom. The fourth-order valence-electron chi connectivity index (χ4n) is 2.48. The van der Waals surface area contributed by atoms with Crippen LogP contribution in [0.25, 0.3) is 0 Å². The molecule has 0 spiro atoms. The molecule has 0 radical (unpaired) electrons. The van der Waals surface area contributed by atoms with Gasteiger partial charge in [-0.25, -0.2) is 0 Å². The lowest BCUT2D eigenvalue weighted by Gasteiger charge is -2.19. The average Bonchev–Trinajstić information content (AvgIpc) is 2.88. The van der Waals surface area contributed by atoms with E-state index >= 15 is 0 Å². The Hall–Kier alpha value is -1.36. The largest absolute Gasteiger partial charge is 0.493 e. The highest BCUT2D eigenvalue weighted by atomic mass is 32.2. The Balaban J connectivity index is 1.68. The van der Waals surface area contributed by atoms with Crippen LogP contribution < -0.4 is 15.8 Å². The lowest BCUT2D eigenvalue weighted by Crippen LogP contribution is -2.39. The van der Waals surface area contributed by atoms with Crippen molar-refractivity contribution in [1.29, 1.82) is 0 Å². The molecule has 2 atom stereocenters. The van der Waals surface area contributed by atoms with E-state index in [1.165, 1.54) is 12.8 Å². The average molecular weight is 294 g/mol. The van der Waals surface area contributed by atoms with Crippen LogP contribution in [0.2, 0.25) is 0 Å². The summed E-state index contributed by atoms with van der Waals surface area (Å²) in [5, 5.41) is 3.68. The molecule has 1 aliphatic carbocycles. The summed E-state index contributed by atoms with van der Waals surface area (Å²) < 4.78 is 5.53. The minimum Gasteiger partial charge on any atom is -0.493 e. The molecule has 0 saturated heterocycles. The fraction of sp³-hybridized carbons (Fsp3) is 0.533. The first-order valence-electron chi connectivity index (χ1n) is 6.99. The van der Waals surface area contributed by atoms with Crippen LogP contribution in [0.1, 0.15) is 25.7 Å². The number of benzene rings is 1. The molecule has 1 aromatic rings. The summed E-state index contributed by atoms with van der Waals surface area (Å²) >= 11 is 1.85. The number of hydrogen-bond donors (Lipinski definition) is 2. The third-order valence-electron chi connectivity index (χ3n) is 3.58. The second-order valence-corrected chi connectivity index (χ2v) is 6.12. The number of carbonyl (C=O) groups excluding carboxylic acids is 1. The maximum atomic E-state index is 11.9. The van der Waals surface area contributed by atoms with Crippen LogP contribution in [0.4, 0.5) is 5.69 Å². The maximum absolute atomic E-state index is 11.9. The van der Waals surface area contributed by atoms with E-state index in [2.05, 4.69) is 11.6 Å². The van der Waals surface area contributed by atoms with Crippen LogP contribution in [0.15, 0.2) is 24.3 Å². The highest BCUT2D eigenvalue weighted by Gasteiger charge is 2.27. The van der Waals surface area contributed by atoms with Crippen molar-refractivity contribution in [1.82, 2.24) is 5.32 Å². The molecule has 3 N–H and O–H groups in total. The Bertz CT molecular complexity index is 436. The van der Waals surface area contributed by atoms with E-state index in [9.17, 15) is 4.79 Å². The summed E-state index contributed by atoms with van der Waals surface area (Å²) in [5.41, 5.74) is 6.31. The zero-order chi connectivity index (χ0) is 14.4. The number of nitrogens with two attached hydrogens (primary N) is 1. The number of anilines is 1. The van der Waals surface area contributed by atoms with Gasteiger partial charge in [0.25, 0.3) is 0 Å². The van der Waals surface area contributed by atoms with Crippen LogP contribution in [0, 0.1) is 0 Å². The summed E-state index contributed by atoms with van der Waals surface area (Å²) in [7, 11) is 0. The van der Waals surface area contributed by atoms with Gasteiger partial charge in [0, 0.05) is 17.0 Å². The molecular formula is C15H22N2O2S. The predicted molar refractivity (Wildman–Crippen MR) is 84.1 cm³/mol. The van der Waals surface area contributed by atoms with Gasteiger partial charge in [-0.15, -0.1) is 0 Å². The van der Waals surface area contributed by atoms with Crippen molar-refractivity contribution in [2.45, 2.75) is 37.0 Å². The van der Waals surface area contributed by atoms with Gasteiger partial charge in [-0.1, -0.05) is 6.42 Å². The summed E-state index contributed by atoms with van der Waals surface area (Å²) in [4.78, 5) is 11.9. The van der Waals surface area contributed by atoms with Crippen molar-refractivity contribution >= 4 is 23.4 Å². The van der Waals surface area contributed by atoms with Crippen LogP contribution in [-0.4, -0.2) is 30.1 Å². The number of nitrogen functional groups attached to an aromatic ring is 1. The Kier molecular flexibility index (Phi) is 5.59. The molecule has 0 bridgehead atoms. The molecule has 110 valence electrons. The highest BCUT2D eigenvalue weighted by Crippen LogP contribution is 2.28. The van der Waals surface area contributed by atoms with E-state index in [1.54, 1.807) is 12.1 Å². The molecule has 0 heterocycles. The van der Waals surface area contributed by atoms with Gasteiger partial charge in [0.2, 0.25) is 5.91 Å². The van der Waals surface area contributed by atoms with Crippen LogP contribution in [0.3, 0.4) is 0 Å². The zero-order valence-corrected chi connectivity index (χ0v) is 12.6. The third-order valence-corrected chi connectivity index (χ3v) is 4.75. The second kappa shape index (κ2) is 7.43. The van der Waals surface area contributed by atoms with Crippen molar-refractivity contribution in [3.8, 4) is 5.75 Å². The molecule has 1 fully saturated rings. The molecular weight excluding hydrogens is 272 g/mol. The lowest BCUT2D eigenvalue weighted by molar-refractivity contribution is -0.122. The van der Waals surface area contributed by atoms with E-state index in [0.29, 0.717) is 30.0 Å². The van der Waals surface area contributed by atoms with E-state index in [-0.39, 0.29) is 5.91 Å². The number of amides is 1. The molecule has 20 heavy (non-hydrogen) atoms. The maximum Gasteiger partial charge on any atom is 0.223 e. The van der Waals surface area contributed by atoms with Crippen molar-refractivity contribution in [2.75, 3.05) is 18.6 Å². The van der Waals surface area contributed by atoms with E-state index in [1.807, 2.05) is 23.9 Å². The number of hydrogen-bond acceptors (Lipinski definition) is 4. The van der Waals surface area contributed by atoms with Gasteiger partial charge in [-0.2, -0.15) is 11.8 Å². The quantitative estimate of drug-likeness (QED) is 0.791. The van der Waals surface area contributed by atoms with Gasteiger partial charge in [-0.3, -0.25) is 4.79 Å². The first-order chi connectivity index (χ1) is 9.69. The number of carbonyl (C=O) groups is 1. The third kappa shape index (κ3) is 4.34. The Morgan fingerprint density at radius 3 is 2.85 bits per heavy atom. The van der Waals surface area contributed by atoms with E-state index < -0.39 is 0 Å². The van der Waals surface area contributed by atoms with Crippen LogP contribution in [0.5, 0.6) is 5.75 Å². The normalized spacial score (nSPS) is 21.6. The summed E-state index contributed by atoms with van der Waals surface area (Å²) in [6, 6.07) is 7.53. The molecule has 0 aromatic heterocycles. The molecule has 1 aromatic carbocycles. The fourth-order valence-corrected chi connectivity index (χ4v) is 3.41. The standard InChI is InChI=1S/C15H22N2O2S/c1-20-14-4-2-3-13(14)17-15(18)9-10-19-12-7-5-11(16)6-8-12/h5-8,13-14H,2-4,9-10,16H2,1H3,(H,17,18). The second-order valence-electron chi connectivity index (χ2n) is 5.05. The molecule has 0 aliphatic heterocycles. The van der Waals surface area contributed by atoms with Gasteiger partial charge >= 0.3 is 0 Å². The smallest absolute Gasteiger partial charge is 0.223 e. The monoisotopic (exact) mass is 294 g/mol. The molecule has 2 unspecified atom stereocenters. The minimum atomic E-state index is 0.0754. The van der Waals surface area contributed by atoms with E-state index in [0.717, 1.165) is 12.2 Å². The molecule has 1 amide bonds. The van der Waals surface area contributed by atoms with Crippen molar-refractivity contribution in [3.05, 3.63) is 24.3 Å². The van der Waals surface area contributed by atoms with Crippen molar-refractivity contribution in [2.24, 2.45) is 0 Å². The Morgan fingerprint density at radius 1 is 1.40 bits per heavy atom. The van der Waals surface area contributed by atoms with Gasteiger partial charge in [0.15, 0.2) is 0 Å². The molecule has 1 aliphatic rings. The molecule has 1 saturated carbocycles. The first kappa shape index (κ1) is 15.0.